The van der Waals surface area contributed by atoms with Gasteiger partial charge in [-0.15, -0.1) is 11.3 Å². The van der Waals surface area contributed by atoms with Crippen LogP contribution in [-0.2, 0) is 17.3 Å². The summed E-state index contributed by atoms with van der Waals surface area (Å²) < 4.78 is 2.65. The van der Waals surface area contributed by atoms with Crippen molar-refractivity contribution in [1.82, 2.24) is 0 Å². The number of aryl methyl sites for hydroxylation is 1. The monoisotopic (exact) mass is 998 g/mol. The molecule has 11 aromatic rings. The SMILES string of the molecule is CCCCc1cc2c(cc1N1c3ccc(-c4ccccc4)cc3B3c4cc(-c5ccccc5)ccc4N(c4c(-c5ccccc5)cc(C(C)(C)C)cc4-c4ccccc4)c4cc(C(C)(C)C)cc1c43)sc1ccccc12. The Hall–Kier alpha value is -7.92. The number of thiophene rings is 1. The van der Waals surface area contributed by atoms with Crippen LogP contribution in [0.15, 0.2) is 218 Å². The van der Waals surface area contributed by atoms with Crippen LogP contribution >= 0.6 is 11.3 Å². The van der Waals surface area contributed by atoms with Crippen molar-refractivity contribution in [3.63, 3.8) is 0 Å². The van der Waals surface area contributed by atoms with Crippen molar-refractivity contribution in [2.24, 2.45) is 0 Å². The van der Waals surface area contributed by atoms with E-state index in [2.05, 4.69) is 277 Å². The zero-order chi connectivity index (χ0) is 51.9. The molecule has 0 aliphatic carbocycles. The largest absolute Gasteiger partial charge is 0.311 e. The average molecular weight is 999 g/mol. The normalized spacial score (nSPS) is 13.0. The summed E-state index contributed by atoms with van der Waals surface area (Å²) >= 11 is 1.92. The van der Waals surface area contributed by atoms with E-state index >= 15 is 0 Å². The van der Waals surface area contributed by atoms with E-state index in [1.807, 2.05) is 11.3 Å². The molecule has 0 spiro atoms. The van der Waals surface area contributed by atoms with Crippen LogP contribution in [-0.4, -0.2) is 6.71 Å². The molecule has 370 valence electrons. The molecular weight excluding hydrogens is 936 g/mol. The van der Waals surface area contributed by atoms with E-state index in [0.29, 0.717) is 0 Å². The van der Waals surface area contributed by atoms with Gasteiger partial charge in [0.05, 0.1) is 11.4 Å². The molecule has 0 fully saturated rings. The van der Waals surface area contributed by atoms with Crippen LogP contribution in [0.4, 0.5) is 34.1 Å². The molecule has 13 rings (SSSR count). The van der Waals surface area contributed by atoms with Gasteiger partial charge in [0.2, 0.25) is 0 Å². The van der Waals surface area contributed by atoms with Crippen LogP contribution in [0.25, 0.3) is 64.7 Å². The van der Waals surface area contributed by atoms with Crippen molar-refractivity contribution in [2.45, 2.75) is 78.6 Å². The van der Waals surface area contributed by atoms with Crippen molar-refractivity contribution in [2.75, 3.05) is 9.80 Å². The maximum Gasteiger partial charge on any atom is 0.252 e. The second kappa shape index (κ2) is 18.7. The Labute approximate surface area is 454 Å². The van der Waals surface area contributed by atoms with Gasteiger partial charge in [0.15, 0.2) is 0 Å². The van der Waals surface area contributed by atoms with Crippen LogP contribution in [0.1, 0.15) is 78.0 Å². The van der Waals surface area contributed by atoms with E-state index in [4.69, 9.17) is 0 Å². The van der Waals surface area contributed by atoms with Gasteiger partial charge in [0.1, 0.15) is 0 Å². The molecule has 3 heterocycles. The number of unbranched alkanes of at least 4 members (excludes halogenated alkanes) is 1. The summed E-state index contributed by atoms with van der Waals surface area (Å²) in [4.78, 5) is 5.40. The van der Waals surface area contributed by atoms with Gasteiger partial charge < -0.3 is 9.80 Å². The fourth-order valence-electron chi connectivity index (χ4n) is 12.1. The molecule has 0 saturated heterocycles. The van der Waals surface area contributed by atoms with E-state index < -0.39 is 0 Å². The smallest absolute Gasteiger partial charge is 0.252 e. The lowest BCUT2D eigenvalue weighted by atomic mass is 9.33. The fourth-order valence-corrected chi connectivity index (χ4v) is 13.2. The summed E-state index contributed by atoms with van der Waals surface area (Å²) in [6.07, 6.45) is 3.21. The summed E-state index contributed by atoms with van der Waals surface area (Å²) in [6, 6.07) is 83.1. The molecule has 76 heavy (non-hydrogen) atoms. The van der Waals surface area contributed by atoms with E-state index in [1.165, 1.54) is 132 Å². The number of hydrogen-bond donors (Lipinski definition) is 0. The first kappa shape index (κ1) is 47.8. The summed E-state index contributed by atoms with van der Waals surface area (Å²) in [5.74, 6) is 0. The Bertz CT molecular complexity index is 3930. The van der Waals surface area contributed by atoms with Crippen LogP contribution in [0.5, 0.6) is 0 Å². The second-order valence-corrected chi connectivity index (χ2v) is 24.2. The first-order valence-electron chi connectivity index (χ1n) is 27.3. The maximum absolute atomic E-state index is 2.70. The molecule has 0 N–H and O–H groups in total. The average Bonchev–Trinajstić information content (AvgIpc) is 3.82. The minimum absolute atomic E-state index is 0.0924. The Balaban J connectivity index is 1.21. The van der Waals surface area contributed by atoms with Gasteiger partial charge in [-0.1, -0.05) is 219 Å². The lowest BCUT2D eigenvalue weighted by molar-refractivity contribution is 0.590. The molecule has 10 aromatic carbocycles. The van der Waals surface area contributed by atoms with Gasteiger partial charge in [-0.2, -0.15) is 0 Å². The zero-order valence-electron chi connectivity index (χ0n) is 44.8. The first-order chi connectivity index (χ1) is 36.9. The highest BCUT2D eigenvalue weighted by Gasteiger charge is 2.46. The van der Waals surface area contributed by atoms with Gasteiger partial charge in [0, 0.05) is 54.0 Å². The third-order valence-corrected chi connectivity index (χ3v) is 17.3. The molecule has 2 aliphatic rings. The highest BCUT2D eigenvalue weighted by molar-refractivity contribution is 7.25. The number of nitrogens with zero attached hydrogens (tertiary/aromatic N) is 2. The first-order valence-corrected chi connectivity index (χ1v) is 28.2. The lowest BCUT2D eigenvalue weighted by Crippen LogP contribution is -2.61. The molecule has 0 radical (unpaired) electrons. The van der Waals surface area contributed by atoms with Gasteiger partial charge >= 0.3 is 0 Å². The van der Waals surface area contributed by atoms with Crippen LogP contribution in [0.2, 0.25) is 0 Å². The minimum atomic E-state index is -0.186. The highest BCUT2D eigenvalue weighted by Crippen LogP contribution is 2.53. The van der Waals surface area contributed by atoms with Gasteiger partial charge in [0.25, 0.3) is 6.71 Å². The number of anilines is 6. The van der Waals surface area contributed by atoms with E-state index in [0.717, 1.165) is 19.3 Å². The quantitative estimate of drug-likeness (QED) is 0.133. The third kappa shape index (κ3) is 8.17. The lowest BCUT2D eigenvalue weighted by Gasteiger charge is -2.46. The van der Waals surface area contributed by atoms with Crippen molar-refractivity contribution < 1.29 is 0 Å². The Morgan fingerprint density at radius 3 is 1.39 bits per heavy atom. The summed E-state index contributed by atoms with van der Waals surface area (Å²) in [5, 5.41) is 2.69. The number of hydrogen-bond acceptors (Lipinski definition) is 3. The molecule has 0 unspecified atom stereocenters. The standard InChI is InChI=1S/C72H63BN2S/c1-8-9-24-53-39-59-56-33-22-23-34-67(56)76-68(59)46-64(53)74-62-37-35-51(47-25-14-10-15-26-47)40-60(62)73-61-41-52(48-27-16-11-17-28-48)36-38-63(61)75(66-45-55(72(5,6)7)44-65(74)69(66)73)70-57(49-29-18-12-19-30-49)42-54(71(2,3)4)43-58(70)50-31-20-13-21-32-50/h10-23,25-46H,8-9,24H2,1-7H3. The molecule has 0 atom stereocenters. The number of benzene rings is 10. The van der Waals surface area contributed by atoms with Crippen LogP contribution in [0.3, 0.4) is 0 Å². The van der Waals surface area contributed by atoms with Gasteiger partial charge in [-0.3, -0.25) is 0 Å². The molecule has 2 nitrogen and oxygen atoms in total. The Morgan fingerprint density at radius 2 is 0.868 bits per heavy atom. The highest BCUT2D eigenvalue weighted by atomic mass is 32.1. The van der Waals surface area contributed by atoms with Crippen molar-refractivity contribution in [1.29, 1.82) is 0 Å². The zero-order valence-corrected chi connectivity index (χ0v) is 45.6. The second-order valence-electron chi connectivity index (χ2n) is 23.1. The Kier molecular flexibility index (Phi) is 11.8. The molecule has 1 aromatic heterocycles. The van der Waals surface area contributed by atoms with Crippen LogP contribution < -0.4 is 26.2 Å². The van der Waals surface area contributed by atoms with Crippen molar-refractivity contribution in [3.8, 4) is 44.5 Å². The molecule has 0 saturated carbocycles. The van der Waals surface area contributed by atoms with Gasteiger partial charge in [-0.25, -0.2) is 0 Å². The minimum Gasteiger partial charge on any atom is -0.311 e. The Morgan fingerprint density at radius 1 is 0.395 bits per heavy atom. The number of fused-ring (bicyclic) bond motifs is 7. The van der Waals surface area contributed by atoms with Crippen molar-refractivity contribution >= 4 is 88.7 Å². The number of rotatable bonds is 9. The summed E-state index contributed by atoms with van der Waals surface area (Å²) in [7, 11) is 0. The molecule has 0 bridgehead atoms. The predicted molar refractivity (Wildman–Crippen MR) is 331 cm³/mol. The van der Waals surface area contributed by atoms with Gasteiger partial charge in [-0.05, 0) is 145 Å². The van der Waals surface area contributed by atoms with E-state index in [1.54, 1.807) is 0 Å². The molecular formula is C72H63BN2S. The molecule has 4 heteroatoms. The molecule has 2 aliphatic heterocycles. The topological polar surface area (TPSA) is 6.48 Å². The van der Waals surface area contributed by atoms with Crippen LogP contribution in [0, 0.1) is 0 Å². The van der Waals surface area contributed by atoms with E-state index in [-0.39, 0.29) is 17.5 Å². The maximum atomic E-state index is 2.70. The third-order valence-electron chi connectivity index (χ3n) is 16.1. The molecule has 0 amide bonds. The van der Waals surface area contributed by atoms with Crippen molar-refractivity contribution in [3.05, 3.63) is 235 Å². The predicted octanol–water partition coefficient (Wildman–Crippen LogP) is 18.7. The fraction of sp³-hybridized carbons (Fsp3) is 0.167. The van der Waals surface area contributed by atoms with E-state index in [9.17, 15) is 0 Å². The summed E-state index contributed by atoms with van der Waals surface area (Å²) in [5.41, 5.74) is 24.7. The summed E-state index contributed by atoms with van der Waals surface area (Å²) in [6.45, 7) is 16.4.